The zero-order chi connectivity index (χ0) is 21.0. The molecular weight excluding hydrogens is 368 g/mol. The highest BCUT2D eigenvalue weighted by molar-refractivity contribution is 5.94. The lowest BCUT2D eigenvalue weighted by atomic mass is 10.1. The van der Waals surface area contributed by atoms with Gasteiger partial charge in [0.1, 0.15) is 11.5 Å². The maximum atomic E-state index is 12.9. The maximum absolute atomic E-state index is 12.9. The summed E-state index contributed by atoms with van der Waals surface area (Å²) in [6, 6.07) is 16.8. The number of aryl methyl sites for hydroxylation is 1. The van der Waals surface area contributed by atoms with Crippen molar-refractivity contribution in [1.29, 1.82) is 0 Å². The van der Waals surface area contributed by atoms with E-state index in [9.17, 15) is 20.1 Å². The second-order valence-corrected chi connectivity index (χ2v) is 6.83. The van der Waals surface area contributed by atoms with E-state index in [0.29, 0.717) is 29.1 Å². The highest BCUT2D eigenvalue weighted by atomic mass is 16.3. The van der Waals surface area contributed by atoms with Gasteiger partial charge in [0.2, 0.25) is 0 Å². The van der Waals surface area contributed by atoms with E-state index < -0.39 is 6.10 Å². The van der Waals surface area contributed by atoms with Crippen LogP contribution < -0.4 is 0 Å². The molecule has 0 spiro atoms. The molecule has 0 saturated carbocycles. The van der Waals surface area contributed by atoms with Gasteiger partial charge in [0.05, 0.1) is 24.0 Å². The third kappa shape index (κ3) is 4.73. The van der Waals surface area contributed by atoms with Gasteiger partial charge in [-0.05, 0) is 55.8 Å². The van der Waals surface area contributed by atoms with Gasteiger partial charge < -0.3 is 20.2 Å². The summed E-state index contributed by atoms with van der Waals surface area (Å²) in [4.78, 5) is 18.8. The van der Waals surface area contributed by atoms with Crippen molar-refractivity contribution in [3.8, 4) is 22.8 Å². The number of phenolic OH excluding ortho intramolecular Hbond substituents is 1. The number of carbonyl (C=O) groups is 1. The van der Waals surface area contributed by atoms with E-state index in [4.69, 9.17) is 0 Å². The van der Waals surface area contributed by atoms with Gasteiger partial charge in [-0.15, -0.1) is 0 Å². The molecule has 1 heterocycles. The van der Waals surface area contributed by atoms with Crippen molar-refractivity contribution in [2.24, 2.45) is 0 Å². The number of carbonyl (C=O) groups excluding carboxylic acids is 1. The summed E-state index contributed by atoms with van der Waals surface area (Å²) in [5, 5.41) is 29.7. The molecule has 0 fully saturated rings. The molecule has 3 aromatic rings. The van der Waals surface area contributed by atoms with Crippen molar-refractivity contribution in [1.82, 2.24) is 9.88 Å². The molecule has 0 bridgehead atoms. The molecule has 1 aromatic heterocycles. The molecule has 150 valence electrons. The number of pyridine rings is 1. The molecule has 1 amide bonds. The third-order valence-corrected chi connectivity index (χ3v) is 4.80. The van der Waals surface area contributed by atoms with E-state index in [1.165, 1.54) is 12.1 Å². The average molecular weight is 392 g/mol. The van der Waals surface area contributed by atoms with Gasteiger partial charge in [-0.25, -0.2) is 4.98 Å². The number of hydrogen-bond donors (Lipinski definition) is 3. The summed E-state index contributed by atoms with van der Waals surface area (Å²) >= 11 is 0. The largest absolute Gasteiger partial charge is 0.508 e. The number of aliphatic hydroxyl groups is 1. The Kier molecular flexibility index (Phi) is 6.14. The van der Waals surface area contributed by atoms with Gasteiger partial charge in [0.15, 0.2) is 0 Å². The highest BCUT2D eigenvalue weighted by Gasteiger charge is 2.19. The molecule has 0 radical (unpaired) electrons. The topological polar surface area (TPSA) is 93.9 Å². The van der Waals surface area contributed by atoms with Crippen LogP contribution in [0.25, 0.3) is 11.3 Å². The number of rotatable bonds is 6. The van der Waals surface area contributed by atoms with Crippen LogP contribution in [0.1, 0.15) is 34.6 Å². The summed E-state index contributed by atoms with van der Waals surface area (Å²) in [5.41, 5.74) is 3.16. The Morgan fingerprint density at radius 2 is 1.79 bits per heavy atom. The molecule has 6 nitrogen and oxygen atoms in total. The Morgan fingerprint density at radius 1 is 1.07 bits per heavy atom. The van der Waals surface area contributed by atoms with Crippen LogP contribution >= 0.6 is 0 Å². The van der Waals surface area contributed by atoms with Gasteiger partial charge in [-0.2, -0.15) is 0 Å². The Bertz CT molecular complexity index is 1000. The number of likely N-dealkylation sites (N-methyl/N-ethyl adjacent to an activating group) is 1. The minimum atomic E-state index is -0.894. The SMILES string of the molecule is CCN(CC(O)c1cccc(O)c1)C(=O)c1ccc(-c2ccc(O)c(C)n2)cc1. The van der Waals surface area contributed by atoms with Gasteiger partial charge in [0, 0.05) is 17.7 Å². The number of aliphatic hydroxyl groups excluding tert-OH is 1. The van der Waals surface area contributed by atoms with Crippen LogP contribution in [0.3, 0.4) is 0 Å². The third-order valence-electron chi connectivity index (χ3n) is 4.80. The standard InChI is InChI=1S/C23H24N2O4/c1-3-25(14-22(28)18-5-4-6-19(26)13-18)23(29)17-9-7-16(8-10-17)20-11-12-21(27)15(2)24-20/h4-13,22,26-28H,3,14H2,1-2H3. The molecule has 29 heavy (non-hydrogen) atoms. The van der Waals surface area contributed by atoms with Crippen LogP contribution in [-0.4, -0.2) is 44.2 Å². The number of aromatic hydroxyl groups is 2. The minimum absolute atomic E-state index is 0.0737. The van der Waals surface area contributed by atoms with Crippen LogP contribution in [0, 0.1) is 6.92 Å². The van der Waals surface area contributed by atoms with Crippen LogP contribution in [0.2, 0.25) is 0 Å². The van der Waals surface area contributed by atoms with Gasteiger partial charge in [-0.1, -0.05) is 24.3 Å². The van der Waals surface area contributed by atoms with E-state index in [1.807, 2.05) is 19.1 Å². The van der Waals surface area contributed by atoms with Crippen molar-refractivity contribution >= 4 is 5.91 Å². The highest BCUT2D eigenvalue weighted by Crippen LogP contribution is 2.23. The Morgan fingerprint density at radius 3 is 2.41 bits per heavy atom. The van der Waals surface area contributed by atoms with Gasteiger partial charge in [-0.3, -0.25) is 4.79 Å². The zero-order valence-corrected chi connectivity index (χ0v) is 16.4. The monoisotopic (exact) mass is 392 g/mol. The normalized spacial score (nSPS) is 11.8. The van der Waals surface area contributed by atoms with Crippen molar-refractivity contribution in [3.05, 3.63) is 77.5 Å². The van der Waals surface area contributed by atoms with E-state index in [1.54, 1.807) is 48.2 Å². The molecule has 0 aliphatic heterocycles. The Balaban J connectivity index is 1.74. The lowest BCUT2D eigenvalue weighted by molar-refractivity contribution is 0.0635. The molecule has 0 aliphatic rings. The molecule has 3 rings (SSSR count). The van der Waals surface area contributed by atoms with Crippen LogP contribution in [0.4, 0.5) is 0 Å². The average Bonchev–Trinajstić information content (AvgIpc) is 2.73. The van der Waals surface area contributed by atoms with Crippen molar-refractivity contribution in [2.45, 2.75) is 20.0 Å². The van der Waals surface area contributed by atoms with Gasteiger partial charge in [0.25, 0.3) is 5.91 Å². The number of nitrogens with zero attached hydrogens (tertiary/aromatic N) is 2. The quantitative estimate of drug-likeness (QED) is 0.595. The second kappa shape index (κ2) is 8.75. The molecule has 0 aliphatic carbocycles. The Labute approximate surface area is 169 Å². The van der Waals surface area contributed by atoms with Crippen molar-refractivity contribution in [2.75, 3.05) is 13.1 Å². The number of benzene rings is 2. The van der Waals surface area contributed by atoms with Crippen LogP contribution in [-0.2, 0) is 0 Å². The second-order valence-electron chi connectivity index (χ2n) is 6.83. The van der Waals surface area contributed by atoms with E-state index in [2.05, 4.69) is 4.98 Å². The summed E-state index contributed by atoms with van der Waals surface area (Å²) in [6.07, 6.45) is -0.894. The first kappa shape index (κ1) is 20.4. The van der Waals surface area contributed by atoms with E-state index in [-0.39, 0.29) is 24.0 Å². The van der Waals surface area contributed by atoms with Gasteiger partial charge >= 0.3 is 0 Å². The molecule has 1 atom stereocenters. The van der Waals surface area contributed by atoms with Crippen molar-refractivity contribution < 1.29 is 20.1 Å². The fourth-order valence-corrected chi connectivity index (χ4v) is 3.08. The predicted octanol–water partition coefficient (Wildman–Crippen LogP) is 3.66. The lowest BCUT2D eigenvalue weighted by Gasteiger charge is -2.24. The molecule has 2 aromatic carbocycles. The van der Waals surface area contributed by atoms with Crippen molar-refractivity contribution in [3.63, 3.8) is 0 Å². The first-order valence-electron chi connectivity index (χ1n) is 9.42. The minimum Gasteiger partial charge on any atom is -0.508 e. The number of phenols is 1. The van der Waals surface area contributed by atoms with E-state index >= 15 is 0 Å². The Hall–Kier alpha value is -3.38. The molecular formula is C23H24N2O4. The molecule has 3 N–H and O–H groups in total. The smallest absolute Gasteiger partial charge is 0.253 e. The van der Waals surface area contributed by atoms with Crippen LogP contribution in [0.15, 0.2) is 60.7 Å². The summed E-state index contributed by atoms with van der Waals surface area (Å²) in [7, 11) is 0. The zero-order valence-electron chi connectivity index (χ0n) is 16.4. The van der Waals surface area contributed by atoms with Crippen LogP contribution in [0.5, 0.6) is 11.5 Å². The number of amides is 1. The fraction of sp³-hybridized carbons (Fsp3) is 0.217. The number of hydrogen-bond acceptors (Lipinski definition) is 5. The van der Waals surface area contributed by atoms with E-state index in [0.717, 1.165) is 5.56 Å². The first-order chi connectivity index (χ1) is 13.9. The lowest BCUT2D eigenvalue weighted by Crippen LogP contribution is -2.34. The number of aromatic nitrogens is 1. The molecule has 6 heteroatoms. The molecule has 0 saturated heterocycles. The maximum Gasteiger partial charge on any atom is 0.253 e. The summed E-state index contributed by atoms with van der Waals surface area (Å²) in [5.74, 6) is 0.0297. The fourth-order valence-electron chi connectivity index (χ4n) is 3.08. The molecule has 1 unspecified atom stereocenters. The predicted molar refractivity (Wildman–Crippen MR) is 111 cm³/mol. The summed E-state index contributed by atoms with van der Waals surface area (Å²) in [6.45, 7) is 4.15. The first-order valence-corrected chi connectivity index (χ1v) is 9.42. The summed E-state index contributed by atoms with van der Waals surface area (Å²) < 4.78 is 0.